The molecule has 0 spiro atoms. The summed E-state index contributed by atoms with van der Waals surface area (Å²) in [6.07, 6.45) is 3.28. The van der Waals surface area contributed by atoms with E-state index in [-0.39, 0.29) is 30.9 Å². The normalized spacial score (nSPS) is 13.8. The summed E-state index contributed by atoms with van der Waals surface area (Å²) >= 11 is 0. The van der Waals surface area contributed by atoms with Crippen molar-refractivity contribution in [1.29, 1.82) is 0 Å². The van der Waals surface area contributed by atoms with Gasteiger partial charge in [-0.05, 0) is 25.7 Å². The zero-order valence-corrected chi connectivity index (χ0v) is 16.0. The lowest BCUT2D eigenvalue weighted by Crippen LogP contribution is -2.39. The van der Waals surface area contributed by atoms with Gasteiger partial charge in [0, 0.05) is 19.3 Å². The highest BCUT2D eigenvalue weighted by atomic mass is 16.6. The average Bonchev–Trinajstić information content (AvgIpc) is 2.58. The minimum absolute atomic E-state index is 0.0657. The van der Waals surface area contributed by atoms with Crippen LogP contribution in [0.25, 0.3) is 0 Å². The predicted octanol–water partition coefficient (Wildman–Crippen LogP) is 3.81. The highest BCUT2D eigenvalue weighted by Gasteiger charge is 2.29. The van der Waals surface area contributed by atoms with E-state index in [1.165, 1.54) is 0 Å². The van der Waals surface area contributed by atoms with Crippen LogP contribution in [0.5, 0.6) is 0 Å². The summed E-state index contributed by atoms with van der Waals surface area (Å²) in [7, 11) is 0. The molecule has 25 heavy (non-hydrogen) atoms. The summed E-state index contributed by atoms with van der Waals surface area (Å²) in [6.45, 7) is 7.62. The molecule has 0 amide bonds. The number of nitrogens with zero attached hydrogens (tertiary/aromatic N) is 1. The van der Waals surface area contributed by atoms with Crippen LogP contribution in [-0.2, 0) is 23.8 Å². The third kappa shape index (κ3) is 10.6. The maximum absolute atomic E-state index is 11.9. The molecule has 0 rings (SSSR count). The van der Waals surface area contributed by atoms with E-state index in [9.17, 15) is 9.59 Å². The topological polar surface area (TPSA) is 94.4 Å². The molecule has 0 aliphatic carbocycles. The van der Waals surface area contributed by atoms with Crippen molar-refractivity contribution in [2.75, 3.05) is 6.61 Å². The first-order valence-electron chi connectivity index (χ1n) is 9.24. The maximum Gasteiger partial charge on any atom is 0.306 e. The van der Waals surface area contributed by atoms with Gasteiger partial charge in [-0.15, -0.1) is 0 Å². The monoisotopic (exact) mass is 359 g/mol. The quantitative estimate of drug-likeness (QED) is 0.177. The SMILES string of the molecule is CCCC(=O)OCC(OC(=O)CCC)C(CCC)OC(CCC)=NO. The molecule has 0 bridgehead atoms. The molecule has 0 saturated heterocycles. The van der Waals surface area contributed by atoms with Crippen LogP contribution in [0.1, 0.15) is 79.1 Å². The lowest BCUT2D eigenvalue weighted by atomic mass is 10.1. The Balaban J connectivity index is 5.08. The van der Waals surface area contributed by atoms with Gasteiger partial charge in [0.2, 0.25) is 5.90 Å². The van der Waals surface area contributed by atoms with Crippen LogP contribution in [0.4, 0.5) is 0 Å². The molecular weight excluding hydrogens is 326 g/mol. The summed E-state index contributed by atoms with van der Waals surface area (Å²) in [4.78, 5) is 23.6. The van der Waals surface area contributed by atoms with E-state index in [0.29, 0.717) is 32.1 Å². The predicted molar refractivity (Wildman–Crippen MR) is 94.6 cm³/mol. The Kier molecular flexibility index (Phi) is 13.5. The maximum atomic E-state index is 11.9. The summed E-state index contributed by atoms with van der Waals surface area (Å²) in [5.74, 6) is -0.502. The summed E-state index contributed by atoms with van der Waals surface area (Å²) in [6, 6.07) is 0. The highest BCUT2D eigenvalue weighted by Crippen LogP contribution is 2.16. The molecule has 0 aliphatic heterocycles. The molecule has 146 valence electrons. The van der Waals surface area contributed by atoms with Crippen LogP contribution in [0.15, 0.2) is 5.16 Å². The van der Waals surface area contributed by atoms with Gasteiger partial charge in [-0.3, -0.25) is 9.59 Å². The Hall–Kier alpha value is -1.79. The summed E-state index contributed by atoms with van der Waals surface area (Å²) in [5, 5.41) is 12.2. The van der Waals surface area contributed by atoms with Gasteiger partial charge in [0.1, 0.15) is 12.7 Å². The van der Waals surface area contributed by atoms with Gasteiger partial charge in [0.25, 0.3) is 0 Å². The lowest BCUT2D eigenvalue weighted by molar-refractivity contribution is -0.166. The average molecular weight is 359 g/mol. The Morgan fingerprint density at radius 2 is 1.44 bits per heavy atom. The van der Waals surface area contributed by atoms with E-state index in [1.807, 2.05) is 27.7 Å². The summed E-state index contributed by atoms with van der Waals surface area (Å²) < 4.78 is 16.5. The van der Waals surface area contributed by atoms with Gasteiger partial charge in [0.15, 0.2) is 6.10 Å². The number of esters is 2. The second-order valence-electron chi connectivity index (χ2n) is 5.90. The van der Waals surface area contributed by atoms with Crippen molar-refractivity contribution in [3.05, 3.63) is 0 Å². The molecule has 2 unspecified atom stereocenters. The zero-order chi connectivity index (χ0) is 19.1. The smallest absolute Gasteiger partial charge is 0.306 e. The van der Waals surface area contributed by atoms with Crippen molar-refractivity contribution < 1.29 is 29.0 Å². The molecular formula is C18H33NO6. The summed E-state index contributed by atoms with van der Waals surface area (Å²) in [5.41, 5.74) is 0. The van der Waals surface area contributed by atoms with Crippen LogP contribution >= 0.6 is 0 Å². The third-order valence-corrected chi connectivity index (χ3v) is 3.45. The molecule has 0 aromatic rings. The number of rotatable bonds is 13. The molecule has 7 heteroatoms. The molecule has 0 aromatic heterocycles. The van der Waals surface area contributed by atoms with Crippen LogP contribution in [0.2, 0.25) is 0 Å². The second kappa shape index (κ2) is 14.5. The number of carbonyl (C=O) groups excluding carboxylic acids is 2. The van der Waals surface area contributed by atoms with Crippen LogP contribution in [-0.4, -0.2) is 41.9 Å². The number of carbonyl (C=O) groups is 2. The van der Waals surface area contributed by atoms with Crippen LogP contribution < -0.4 is 0 Å². The number of hydrogen-bond donors (Lipinski definition) is 1. The Morgan fingerprint density at radius 3 is 1.96 bits per heavy atom. The van der Waals surface area contributed by atoms with Crippen molar-refractivity contribution >= 4 is 17.8 Å². The van der Waals surface area contributed by atoms with Gasteiger partial charge in [-0.2, -0.15) is 0 Å². The van der Waals surface area contributed by atoms with E-state index in [2.05, 4.69) is 5.16 Å². The number of hydrogen-bond acceptors (Lipinski definition) is 7. The zero-order valence-electron chi connectivity index (χ0n) is 16.0. The van der Waals surface area contributed by atoms with Crippen molar-refractivity contribution in [3.8, 4) is 0 Å². The van der Waals surface area contributed by atoms with Gasteiger partial charge in [0.05, 0.1) is 0 Å². The van der Waals surface area contributed by atoms with Crippen molar-refractivity contribution in [2.45, 2.75) is 91.3 Å². The minimum atomic E-state index is -0.728. The lowest BCUT2D eigenvalue weighted by Gasteiger charge is -2.27. The van der Waals surface area contributed by atoms with Crippen LogP contribution in [0.3, 0.4) is 0 Å². The number of ether oxygens (including phenoxy) is 3. The second-order valence-corrected chi connectivity index (χ2v) is 5.90. The first kappa shape index (κ1) is 23.2. The van der Waals surface area contributed by atoms with Crippen molar-refractivity contribution in [2.24, 2.45) is 5.16 Å². The van der Waals surface area contributed by atoms with E-state index < -0.39 is 12.2 Å². The highest BCUT2D eigenvalue weighted by molar-refractivity contribution is 5.75. The largest absolute Gasteiger partial charge is 0.471 e. The first-order chi connectivity index (χ1) is 12.0. The van der Waals surface area contributed by atoms with Gasteiger partial charge >= 0.3 is 11.9 Å². The van der Waals surface area contributed by atoms with Crippen molar-refractivity contribution in [1.82, 2.24) is 0 Å². The molecule has 2 atom stereocenters. The Labute approximate surface area is 150 Å². The van der Waals surface area contributed by atoms with Crippen LogP contribution in [0, 0.1) is 0 Å². The van der Waals surface area contributed by atoms with Gasteiger partial charge in [-0.1, -0.05) is 39.3 Å². The first-order valence-corrected chi connectivity index (χ1v) is 9.24. The fourth-order valence-electron chi connectivity index (χ4n) is 2.23. The van der Waals surface area contributed by atoms with E-state index in [4.69, 9.17) is 19.4 Å². The molecule has 0 heterocycles. The fraction of sp³-hybridized carbons (Fsp3) is 0.833. The third-order valence-electron chi connectivity index (χ3n) is 3.45. The molecule has 7 nitrogen and oxygen atoms in total. The van der Waals surface area contributed by atoms with Gasteiger partial charge < -0.3 is 19.4 Å². The molecule has 0 aromatic carbocycles. The number of oxime groups is 1. The Morgan fingerprint density at radius 1 is 0.840 bits per heavy atom. The minimum Gasteiger partial charge on any atom is -0.471 e. The van der Waals surface area contributed by atoms with E-state index in [0.717, 1.165) is 12.8 Å². The molecule has 0 radical (unpaired) electrons. The van der Waals surface area contributed by atoms with E-state index in [1.54, 1.807) is 0 Å². The standard InChI is InChI=1S/C18H33NO6/c1-5-9-14(24-16(19-22)10-6-2)15(25-18(21)12-8-4)13-23-17(20)11-7-3/h14-15,22H,5-13H2,1-4H3. The molecule has 0 fully saturated rings. The molecule has 1 N–H and O–H groups in total. The van der Waals surface area contributed by atoms with Crippen molar-refractivity contribution in [3.63, 3.8) is 0 Å². The Bertz CT molecular complexity index is 410. The van der Waals surface area contributed by atoms with E-state index >= 15 is 0 Å². The fourth-order valence-corrected chi connectivity index (χ4v) is 2.23. The van der Waals surface area contributed by atoms with Gasteiger partial charge in [-0.25, -0.2) is 0 Å². The molecule has 0 saturated carbocycles. The molecule has 0 aliphatic rings.